The van der Waals surface area contributed by atoms with Crippen molar-refractivity contribution in [3.63, 3.8) is 0 Å². The van der Waals surface area contributed by atoms with E-state index in [9.17, 15) is 0 Å². The summed E-state index contributed by atoms with van der Waals surface area (Å²) in [5.41, 5.74) is 0. The van der Waals surface area contributed by atoms with Gasteiger partial charge in [0.25, 0.3) is 0 Å². The van der Waals surface area contributed by atoms with Crippen molar-refractivity contribution in [3.8, 4) is 0 Å². The first-order chi connectivity index (χ1) is 7.83. The van der Waals surface area contributed by atoms with Gasteiger partial charge in [-0.2, -0.15) is 0 Å². The molecule has 2 aromatic rings. The molecule has 0 spiro atoms. The second-order valence-electron chi connectivity index (χ2n) is 3.46. The van der Waals surface area contributed by atoms with Crippen LogP contribution in [0.25, 0.3) is 0 Å². The molecule has 0 aliphatic rings. The number of aromatic nitrogens is 3. The van der Waals surface area contributed by atoms with Gasteiger partial charge in [0.05, 0.1) is 12.7 Å². The van der Waals surface area contributed by atoms with Gasteiger partial charge in [-0.15, -0.1) is 0 Å². The number of rotatable bonds is 5. The van der Waals surface area contributed by atoms with Crippen LogP contribution in [0.2, 0.25) is 0 Å². The second kappa shape index (κ2) is 4.83. The molecule has 0 saturated carbocycles. The molecule has 0 aliphatic heterocycles. The van der Waals surface area contributed by atoms with Crippen molar-refractivity contribution in [3.05, 3.63) is 30.2 Å². The standard InChI is InChI=1S/C11H16N4O/c1-3-9-7-13-10(16-9)8-14-11-12-5-6-15(11)4-2/h5-7H,3-4,8H2,1-2H3,(H,12,14). The molecule has 0 atom stereocenters. The Bertz CT molecular complexity index is 446. The number of nitrogens with zero attached hydrogens (tertiary/aromatic N) is 3. The molecule has 0 unspecified atom stereocenters. The van der Waals surface area contributed by atoms with Crippen LogP contribution in [0, 0.1) is 0 Å². The van der Waals surface area contributed by atoms with Crippen LogP contribution in [0.4, 0.5) is 5.95 Å². The smallest absolute Gasteiger partial charge is 0.213 e. The molecule has 16 heavy (non-hydrogen) atoms. The van der Waals surface area contributed by atoms with Crippen molar-refractivity contribution in [2.75, 3.05) is 5.32 Å². The monoisotopic (exact) mass is 220 g/mol. The fourth-order valence-electron chi connectivity index (χ4n) is 1.48. The van der Waals surface area contributed by atoms with Crippen LogP contribution in [0.1, 0.15) is 25.5 Å². The van der Waals surface area contributed by atoms with Gasteiger partial charge >= 0.3 is 0 Å². The van der Waals surface area contributed by atoms with Gasteiger partial charge < -0.3 is 14.3 Å². The van der Waals surface area contributed by atoms with Gasteiger partial charge in [-0.3, -0.25) is 0 Å². The highest BCUT2D eigenvalue weighted by molar-refractivity contribution is 5.25. The minimum Gasteiger partial charge on any atom is -0.444 e. The summed E-state index contributed by atoms with van der Waals surface area (Å²) in [5.74, 6) is 2.46. The van der Waals surface area contributed by atoms with Crippen molar-refractivity contribution < 1.29 is 4.42 Å². The zero-order valence-corrected chi connectivity index (χ0v) is 9.60. The molecule has 5 heteroatoms. The Labute approximate surface area is 94.5 Å². The van der Waals surface area contributed by atoms with Crippen molar-refractivity contribution >= 4 is 5.95 Å². The quantitative estimate of drug-likeness (QED) is 0.838. The first-order valence-corrected chi connectivity index (χ1v) is 5.52. The van der Waals surface area contributed by atoms with Gasteiger partial charge in [0.2, 0.25) is 11.8 Å². The van der Waals surface area contributed by atoms with Crippen LogP contribution in [-0.4, -0.2) is 14.5 Å². The third-order valence-corrected chi connectivity index (χ3v) is 2.40. The highest BCUT2D eigenvalue weighted by Crippen LogP contribution is 2.08. The van der Waals surface area contributed by atoms with E-state index in [1.54, 1.807) is 12.4 Å². The number of hydrogen-bond acceptors (Lipinski definition) is 4. The van der Waals surface area contributed by atoms with Crippen LogP contribution in [0.5, 0.6) is 0 Å². The molecule has 0 fully saturated rings. The lowest BCUT2D eigenvalue weighted by Gasteiger charge is -2.05. The average molecular weight is 220 g/mol. The minimum atomic E-state index is 0.566. The minimum absolute atomic E-state index is 0.566. The van der Waals surface area contributed by atoms with Gasteiger partial charge in [-0.25, -0.2) is 9.97 Å². The first kappa shape index (κ1) is 10.7. The van der Waals surface area contributed by atoms with Crippen LogP contribution in [0.15, 0.2) is 23.0 Å². The molecule has 1 N–H and O–H groups in total. The van der Waals surface area contributed by atoms with E-state index in [1.165, 1.54) is 0 Å². The van der Waals surface area contributed by atoms with Crippen LogP contribution >= 0.6 is 0 Å². The normalized spacial score (nSPS) is 10.6. The molecule has 2 heterocycles. The summed E-state index contributed by atoms with van der Waals surface area (Å²) in [4.78, 5) is 8.39. The molecule has 0 aromatic carbocycles. The highest BCUT2D eigenvalue weighted by Gasteiger charge is 2.04. The number of oxazole rings is 1. The molecule has 0 amide bonds. The maximum atomic E-state index is 5.49. The predicted molar refractivity (Wildman–Crippen MR) is 61.1 cm³/mol. The number of nitrogens with one attached hydrogen (secondary N) is 1. The highest BCUT2D eigenvalue weighted by atomic mass is 16.4. The van der Waals surface area contributed by atoms with E-state index in [-0.39, 0.29) is 0 Å². The fourth-order valence-corrected chi connectivity index (χ4v) is 1.48. The lowest BCUT2D eigenvalue weighted by atomic mass is 10.4. The van der Waals surface area contributed by atoms with Gasteiger partial charge in [0.15, 0.2) is 0 Å². The molecule has 0 saturated heterocycles. The maximum absolute atomic E-state index is 5.49. The first-order valence-electron chi connectivity index (χ1n) is 5.52. The van der Waals surface area contributed by atoms with E-state index in [0.717, 1.165) is 24.7 Å². The summed E-state index contributed by atoms with van der Waals surface area (Å²) in [7, 11) is 0. The summed E-state index contributed by atoms with van der Waals surface area (Å²) in [6.45, 7) is 5.58. The van der Waals surface area contributed by atoms with E-state index < -0.39 is 0 Å². The fraction of sp³-hybridized carbons (Fsp3) is 0.455. The average Bonchev–Trinajstić information content (AvgIpc) is 2.94. The van der Waals surface area contributed by atoms with Crippen molar-refractivity contribution in [2.45, 2.75) is 33.4 Å². The Morgan fingerprint density at radius 3 is 2.94 bits per heavy atom. The van der Waals surface area contributed by atoms with Gasteiger partial charge in [0.1, 0.15) is 5.76 Å². The lowest BCUT2D eigenvalue weighted by Crippen LogP contribution is -2.06. The Balaban J connectivity index is 1.96. The summed E-state index contributed by atoms with van der Waals surface area (Å²) in [6.07, 6.45) is 6.36. The van der Waals surface area contributed by atoms with Gasteiger partial charge in [-0.05, 0) is 6.92 Å². The van der Waals surface area contributed by atoms with Crippen LogP contribution in [0.3, 0.4) is 0 Å². The summed E-state index contributed by atoms with van der Waals surface area (Å²) >= 11 is 0. The number of aryl methyl sites for hydroxylation is 2. The van der Waals surface area contributed by atoms with Crippen molar-refractivity contribution in [1.29, 1.82) is 0 Å². The molecule has 5 nitrogen and oxygen atoms in total. The molecule has 0 radical (unpaired) electrons. The molecular weight excluding hydrogens is 204 g/mol. The van der Waals surface area contributed by atoms with Gasteiger partial charge in [0, 0.05) is 25.4 Å². The molecule has 2 rings (SSSR count). The Morgan fingerprint density at radius 2 is 2.25 bits per heavy atom. The number of hydrogen-bond donors (Lipinski definition) is 1. The Hall–Kier alpha value is -1.78. The molecule has 0 aliphatic carbocycles. The molecule has 0 bridgehead atoms. The summed E-state index contributed by atoms with van der Waals surface area (Å²) < 4.78 is 7.53. The largest absolute Gasteiger partial charge is 0.444 e. The lowest BCUT2D eigenvalue weighted by molar-refractivity contribution is 0.465. The third-order valence-electron chi connectivity index (χ3n) is 2.40. The maximum Gasteiger partial charge on any atom is 0.213 e. The van der Waals surface area contributed by atoms with Crippen molar-refractivity contribution in [1.82, 2.24) is 14.5 Å². The van der Waals surface area contributed by atoms with Crippen molar-refractivity contribution in [2.24, 2.45) is 0 Å². The predicted octanol–water partition coefficient (Wildman–Crippen LogP) is 2.07. The third kappa shape index (κ3) is 2.24. The molecule has 86 valence electrons. The van der Waals surface area contributed by atoms with Crippen LogP contribution in [-0.2, 0) is 19.5 Å². The topological polar surface area (TPSA) is 55.9 Å². The summed E-state index contributed by atoms with van der Waals surface area (Å²) in [5, 5.41) is 3.19. The zero-order valence-electron chi connectivity index (χ0n) is 9.60. The number of imidazole rings is 1. The Morgan fingerprint density at radius 1 is 1.38 bits per heavy atom. The number of anilines is 1. The van der Waals surface area contributed by atoms with E-state index in [1.807, 2.05) is 17.7 Å². The van der Waals surface area contributed by atoms with E-state index in [2.05, 4.69) is 22.2 Å². The second-order valence-corrected chi connectivity index (χ2v) is 3.46. The van der Waals surface area contributed by atoms with E-state index >= 15 is 0 Å². The SMILES string of the molecule is CCc1cnc(CNc2nccn2CC)o1. The molecule has 2 aromatic heterocycles. The molecular formula is C11H16N4O. The van der Waals surface area contributed by atoms with E-state index in [0.29, 0.717) is 12.4 Å². The van der Waals surface area contributed by atoms with E-state index in [4.69, 9.17) is 4.42 Å². The zero-order chi connectivity index (χ0) is 11.4. The van der Waals surface area contributed by atoms with Crippen LogP contribution < -0.4 is 5.32 Å². The summed E-state index contributed by atoms with van der Waals surface area (Å²) in [6, 6.07) is 0. The Kier molecular flexibility index (Phi) is 3.24. The van der Waals surface area contributed by atoms with Gasteiger partial charge in [-0.1, -0.05) is 6.92 Å².